The molecule has 24 heavy (non-hydrogen) atoms. The highest BCUT2D eigenvalue weighted by atomic mass is 127. The zero-order chi connectivity index (χ0) is 17.3. The van der Waals surface area contributed by atoms with E-state index in [-0.39, 0.29) is 12.5 Å². The number of carbonyl (C=O) groups is 2. The highest BCUT2D eigenvalue weighted by Crippen LogP contribution is 2.44. The monoisotopic (exact) mass is 437 g/mol. The molecule has 0 spiro atoms. The van der Waals surface area contributed by atoms with Gasteiger partial charge in [-0.1, -0.05) is 71.1 Å². The van der Waals surface area contributed by atoms with Crippen LogP contribution in [0.25, 0.3) is 11.1 Å². The van der Waals surface area contributed by atoms with E-state index in [1.165, 1.54) is 0 Å². The fraction of sp³-hybridized carbons (Fsp3) is 0.222. The van der Waals surface area contributed by atoms with Gasteiger partial charge >= 0.3 is 11.9 Å². The third kappa shape index (κ3) is 3.03. The molecule has 2 atom stereocenters. The maximum atomic E-state index is 12.1. The molecule has 0 aromatic heterocycles. The van der Waals surface area contributed by atoms with Crippen LogP contribution in [0.3, 0.4) is 0 Å². The summed E-state index contributed by atoms with van der Waals surface area (Å²) in [5, 5.41) is 9.14. The van der Waals surface area contributed by atoms with E-state index in [0.29, 0.717) is 0 Å². The van der Waals surface area contributed by atoms with Gasteiger partial charge in [0.1, 0.15) is 6.61 Å². The van der Waals surface area contributed by atoms with Crippen molar-refractivity contribution in [2.75, 3.05) is 6.61 Å². The van der Waals surface area contributed by atoms with E-state index in [4.69, 9.17) is 15.6 Å². The van der Waals surface area contributed by atoms with Gasteiger partial charge in [0.15, 0.2) is 5.92 Å². The molecule has 0 aliphatic heterocycles. The number of fused-ring (bicyclic) bond motifs is 3. The zero-order valence-corrected chi connectivity index (χ0v) is 14.8. The van der Waals surface area contributed by atoms with E-state index in [9.17, 15) is 9.59 Å². The first-order valence-corrected chi connectivity index (χ1v) is 8.72. The van der Waals surface area contributed by atoms with Gasteiger partial charge < -0.3 is 15.6 Å². The molecule has 0 radical (unpaired) electrons. The number of carbonyl (C=O) groups excluding carboxylic acids is 1. The number of alkyl halides is 1. The van der Waals surface area contributed by atoms with Gasteiger partial charge in [0, 0.05) is 5.92 Å². The Morgan fingerprint density at radius 1 is 1.08 bits per heavy atom. The number of rotatable bonds is 5. The summed E-state index contributed by atoms with van der Waals surface area (Å²) in [5.41, 5.74) is 9.98. The van der Waals surface area contributed by atoms with Gasteiger partial charge in [-0.25, -0.2) is 0 Å². The Morgan fingerprint density at radius 3 is 2.04 bits per heavy atom. The molecule has 0 saturated carbocycles. The van der Waals surface area contributed by atoms with Crippen molar-refractivity contribution in [3.8, 4) is 11.1 Å². The molecule has 2 unspecified atom stereocenters. The van der Waals surface area contributed by atoms with Crippen LogP contribution in [0.4, 0.5) is 0 Å². The van der Waals surface area contributed by atoms with Crippen molar-refractivity contribution in [3.05, 3.63) is 59.7 Å². The summed E-state index contributed by atoms with van der Waals surface area (Å²) in [6, 6.07) is 15.9. The number of hydrogen-bond donors (Lipinski definition) is 2. The quantitative estimate of drug-likeness (QED) is 0.247. The number of aliphatic carboxylic acids is 1. The van der Waals surface area contributed by atoms with Crippen LogP contribution in [-0.4, -0.2) is 27.7 Å². The van der Waals surface area contributed by atoms with E-state index in [2.05, 4.69) is 0 Å². The van der Waals surface area contributed by atoms with Gasteiger partial charge in [0.2, 0.25) is 0 Å². The Balaban J connectivity index is 1.83. The minimum absolute atomic E-state index is 0.0961. The summed E-state index contributed by atoms with van der Waals surface area (Å²) in [4.78, 5) is 23.3. The van der Waals surface area contributed by atoms with E-state index in [0.717, 1.165) is 22.3 Å². The normalized spacial score (nSPS) is 15.2. The first-order valence-electron chi connectivity index (χ1n) is 7.48. The predicted molar refractivity (Wildman–Crippen MR) is 97.8 cm³/mol. The first-order chi connectivity index (χ1) is 11.5. The molecule has 2 aromatic carbocycles. The maximum absolute atomic E-state index is 12.1. The second kappa shape index (κ2) is 6.90. The fourth-order valence-electron chi connectivity index (χ4n) is 3.06. The van der Waals surface area contributed by atoms with Gasteiger partial charge in [-0.3, -0.25) is 9.59 Å². The van der Waals surface area contributed by atoms with Crippen molar-refractivity contribution in [1.82, 2.24) is 0 Å². The van der Waals surface area contributed by atoms with Crippen molar-refractivity contribution in [1.29, 1.82) is 0 Å². The lowest BCUT2D eigenvalue weighted by molar-refractivity contribution is -0.158. The molecule has 124 valence electrons. The number of benzene rings is 2. The van der Waals surface area contributed by atoms with Crippen LogP contribution >= 0.6 is 22.6 Å². The second-order valence-corrected chi connectivity index (χ2v) is 7.06. The lowest BCUT2D eigenvalue weighted by atomic mass is 9.98. The largest absolute Gasteiger partial charge is 0.481 e. The van der Waals surface area contributed by atoms with Gasteiger partial charge in [-0.05, 0) is 22.3 Å². The molecule has 3 N–H and O–H groups in total. The average Bonchev–Trinajstić information content (AvgIpc) is 2.86. The molecule has 0 saturated heterocycles. The van der Waals surface area contributed by atoms with Gasteiger partial charge in [-0.2, -0.15) is 0 Å². The molecule has 0 heterocycles. The maximum Gasteiger partial charge on any atom is 0.322 e. The zero-order valence-electron chi connectivity index (χ0n) is 12.7. The molecule has 5 nitrogen and oxygen atoms in total. The van der Waals surface area contributed by atoms with Gasteiger partial charge in [0.05, 0.1) is 4.05 Å². The summed E-state index contributed by atoms with van der Waals surface area (Å²) in [5.74, 6) is -3.53. The summed E-state index contributed by atoms with van der Waals surface area (Å²) in [6.07, 6.45) is 0. The molecule has 0 fully saturated rings. The number of carboxylic acid groups (broad SMARTS) is 1. The summed E-state index contributed by atoms with van der Waals surface area (Å²) < 4.78 is 4.48. The van der Waals surface area contributed by atoms with Crippen molar-refractivity contribution in [2.45, 2.75) is 9.97 Å². The number of carboxylic acids is 1. The van der Waals surface area contributed by atoms with E-state index in [1.54, 1.807) is 22.6 Å². The number of ether oxygens (including phenoxy) is 1. The summed E-state index contributed by atoms with van der Waals surface area (Å²) >= 11 is 1.72. The standard InChI is InChI=1S/C18H16INO4/c19-16(20)15(17(21)22)18(23)24-9-14-12-7-3-1-5-10(12)11-6-2-4-8-13(11)14/h1-8,14-16H,9,20H2,(H,21,22). The smallest absolute Gasteiger partial charge is 0.322 e. The van der Waals surface area contributed by atoms with Crippen LogP contribution < -0.4 is 5.73 Å². The van der Waals surface area contributed by atoms with Crippen LogP contribution in [0, 0.1) is 5.92 Å². The Morgan fingerprint density at radius 2 is 1.58 bits per heavy atom. The lowest BCUT2D eigenvalue weighted by Crippen LogP contribution is -2.38. The number of esters is 1. The number of nitrogens with two attached hydrogens (primary N) is 1. The minimum Gasteiger partial charge on any atom is -0.481 e. The Labute approximate surface area is 153 Å². The Kier molecular flexibility index (Phi) is 4.86. The SMILES string of the molecule is NC(I)C(C(=O)O)C(=O)OCC1c2ccccc2-c2ccccc21. The average molecular weight is 437 g/mol. The molecule has 3 rings (SSSR count). The molecule has 0 bridgehead atoms. The summed E-state index contributed by atoms with van der Waals surface area (Å²) in [6.45, 7) is 0.0972. The Hall–Kier alpha value is -1.93. The number of hydrogen-bond acceptors (Lipinski definition) is 4. The lowest BCUT2D eigenvalue weighted by Gasteiger charge is -2.17. The fourth-order valence-corrected chi connectivity index (χ4v) is 3.66. The second-order valence-electron chi connectivity index (χ2n) is 5.62. The van der Waals surface area contributed by atoms with Crippen LogP contribution in [0.5, 0.6) is 0 Å². The Bertz CT molecular complexity index is 745. The highest BCUT2D eigenvalue weighted by Gasteiger charge is 2.35. The highest BCUT2D eigenvalue weighted by molar-refractivity contribution is 14.1. The van der Waals surface area contributed by atoms with E-state index >= 15 is 0 Å². The molecule has 2 aromatic rings. The third-order valence-electron chi connectivity index (χ3n) is 4.19. The van der Waals surface area contributed by atoms with Crippen LogP contribution in [0.2, 0.25) is 0 Å². The molecular formula is C18H16INO4. The topological polar surface area (TPSA) is 89.6 Å². The summed E-state index contributed by atoms with van der Waals surface area (Å²) in [7, 11) is 0. The van der Waals surface area contributed by atoms with Crippen LogP contribution in [0.1, 0.15) is 17.0 Å². The van der Waals surface area contributed by atoms with Crippen LogP contribution in [-0.2, 0) is 14.3 Å². The minimum atomic E-state index is -1.36. The molecule has 1 aliphatic carbocycles. The van der Waals surface area contributed by atoms with Crippen molar-refractivity contribution in [2.24, 2.45) is 11.7 Å². The molecule has 6 heteroatoms. The van der Waals surface area contributed by atoms with E-state index < -0.39 is 21.9 Å². The molecule has 0 amide bonds. The van der Waals surface area contributed by atoms with Gasteiger partial charge in [0.25, 0.3) is 0 Å². The molecular weight excluding hydrogens is 421 g/mol. The van der Waals surface area contributed by atoms with E-state index in [1.807, 2.05) is 48.5 Å². The van der Waals surface area contributed by atoms with Crippen molar-refractivity contribution >= 4 is 34.5 Å². The van der Waals surface area contributed by atoms with Crippen molar-refractivity contribution < 1.29 is 19.4 Å². The number of halogens is 1. The third-order valence-corrected chi connectivity index (χ3v) is 4.91. The van der Waals surface area contributed by atoms with Gasteiger partial charge in [-0.15, -0.1) is 0 Å². The predicted octanol–water partition coefficient (Wildman–Crippen LogP) is 2.76. The molecule has 1 aliphatic rings. The van der Waals surface area contributed by atoms with Crippen LogP contribution in [0.15, 0.2) is 48.5 Å². The van der Waals surface area contributed by atoms with Crippen molar-refractivity contribution in [3.63, 3.8) is 0 Å². The first kappa shape index (κ1) is 16.9.